The van der Waals surface area contributed by atoms with Crippen LogP contribution in [0.5, 0.6) is 5.75 Å². The van der Waals surface area contributed by atoms with Gasteiger partial charge in [0.15, 0.2) is 0 Å². The predicted molar refractivity (Wildman–Crippen MR) is 90.0 cm³/mol. The molecule has 0 amide bonds. The SMILES string of the molecule is CCc1cc(Nc2cscc2C)c2cccc(OC)c2n1. The third-order valence-corrected chi connectivity index (χ3v) is 4.42. The monoisotopic (exact) mass is 298 g/mol. The van der Waals surface area contributed by atoms with Gasteiger partial charge in [0, 0.05) is 22.1 Å². The van der Waals surface area contributed by atoms with Crippen LogP contribution in [0.1, 0.15) is 18.2 Å². The second-order valence-corrected chi connectivity index (χ2v) is 5.71. The van der Waals surface area contributed by atoms with Crippen molar-refractivity contribution in [3.05, 3.63) is 46.3 Å². The number of hydrogen-bond acceptors (Lipinski definition) is 4. The molecule has 0 aliphatic heterocycles. The molecule has 0 saturated heterocycles. The summed E-state index contributed by atoms with van der Waals surface area (Å²) in [5, 5.41) is 8.89. The van der Waals surface area contributed by atoms with Gasteiger partial charge in [0.1, 0.15) is 11.3 Å². The number of methoxy groups -OCH3 is 1. The Bertz CT molecular complexity index is 780. The maximum atomic E-state index is 5.45. The molecule has 3 nitrogen and oxygen atoms in total. The van der Waals surface area contributed by atoms with Crippen molar-refractivity contribution in [3.8, 4) is 5.75 Å². The zero-order chi connectivity index (χ0) is 14.8. The summed E-state index contributed by atoms with van der Waals surface area (Å²) in [6.07, 6.45) is 0.894. The first-order valence-corrected chi connectivity index (χ1v) is 7.93. The Labute approximate surface area is 128 Å². The van der Waals surface area contributed by atoms with E-state index in [0.717, 1.165) is 40.1 Å². The first-order chi connectivity index (χ1) is 10.2. The Morgan fingerprint density at radius 2 is 2.10 bits per heavy atom. The number of pyridine rings is 1. The molecule has 0 fully saturated rings. The summed E-state index contributed by atoms with van der Waals surface area (Å²) < 4.78 is 5.45. The zero-order valence-corrected chi connectivity index (χ0v) is 13.3. The summed E-state index contributed by atoms with van der Waals surface area (Å²) in [7, 11) is 1.69. The fourth-order valence-electron chi connectivity index (χ4n) is 2.36. The minimum absolute atomic E-state index is 0.813. The van der Waals surface area contributed by atoms with Gasteiger partial charge in [-0.05, 0) is 36.4 Å². The molecule has 0 spiro atoms. The third kappa shape index (κ3) is 2.59. The molecule has 108 valence electrons. The van der Waals surface area contributed by atoms with Gasteiger partial charge in [-0.1, -0.05) is 19.1 Å². The van der Waals surface area contributed by atoms with E-state index in [1.165, 1.54) is 5.56 Å². The van der Waals surface area contributed by atoms with Gasteiger partial charge in [-0.3, -0.25) is 0 Å². The molecule has 3 aromatic rings. The molecule has 0 unspecified atom stereocenters. The number of thiophene rings is 1. The fourth-order valence-corrected chi connectivity index (χ4v) is 3.14. The van der Waals surface area contributed by atoms with Gasteiger partial charge >= 0.3 is 0 Å². The zero-order valence-electron chi connectivity index (χ0n) is 12.4. The van der Waals surface area contributed by atoms with E-state index < -0.39 is 0 Å². The topological polar surface area (TPSA) is 34.1 Å². The number of benzene rings is 1. The number of hydrogen-bond donors (Lipinski definition) is 1. The lowest BCUT2D eigenvalue weighted by Gasteiger charge is -2.13. The second-order valence-electron chi connectivity index (χ2n) is 4.96. The van der Waals surface area contributed by atoms with Crippen LogP contribution in [0.2, 0.25) is 0 Å². The van der Waals surface area contributed by atoms with Crippen molar-refractivity contribution in [1.29, 1.82) is 0 Å². The Balaban J connectivity index is 2.18. The number of ether oxygens (including phenoxy) is 1. The molecule has 0 atom stereocenters. The van der Waals surface area contributed by atoms with Crippen molar-refractivity contribution in [2.45, 2.75) is 20.3 Å². The van der Waals surface area contributed by atoms with Gasteiger partial charge in [0.2, 0.25) is 0 Å². The minimum Gasteiger partial charge on any atom is -0.494 e. The first kappa shape index (κ1) is 13.9. The number of para-hydroxylation sites is 1. The maximum Gasteiger partial charge on any atom is 0.145 e. The van der Waals surface area contributed by atoms with Gasteiger partial charge < -0.3 is 10.1 Å². The third-order valence-electron chi connectivity index (χ3n) is 3.56. The van der Waals surface area contributed by atoms with Crippen LogP contribution in [0.3, 0.4) is 0 Å². The molecule has 3 rings (SSSR count). The van der Waals surface area contributed by atoms with Gasteiger partial charge in [-0.25, -0.2) is 4.98 Å². The van der Waals surface area contributed by atoms with Crippen LogP contribution in [0.4, 0.5) is 11.4 Å². The number of anilines is 2. The van der Waals surface area contributed by atoms with Crippen LogP contribution < -0.4 is 10.1 Å². The highest BCUT2D eigenvalue weighted by Gasteiger charge is 2.10. The number of aromatic nitrogens is 1. The van der Waals surface area contributed by atoms with Crippen molar-refractivity contribution < 1.29 is 4.74 Å². The normalized spacial score (nSPS) is 10.8. The van der Waals surface area contributed by atoms with Crippen molar-refractivity contribution in [1.82, 2.24) is 4.98 Å². The van der Waals surface area contributed by atoms with Gasteiger partial charge in [0.25, 0.3) is 0 Å². The Morgan fingerprint density at radius 3 is 2.76 bits per heavy atom. The average molecular weight is 298 g/mol. The molecule has 0 saturated carbocycles. The predicted octanol–water partition coefficient (Wildman–Crippen LogP) is 4.92. The smallest absolute Gasteiger partial charge is 0.145 e. The molecule has 0 radical (unpaired) electrons. The van der Waals surface area contributed by atoms with E-state index in [1.807, 2.05) is 12.1 Å². The second kappa shape index (κ2) is 5.74. The first-order valence-electron chi connectivity index (χ1n) is 6.99. The molecule has 4 heteroatoms. The quantitative estimate of drug-likeness (QED) is 0.742. The number of aryl methyl sites for hydroxylation is 2. The summed E-state index contributed by atoms with van der Waals surface area (Å²) in [4.78, 5) is 4.71. The van der Waals surface area contributed by atoms with Gasteiger partial charge in [-0.2, -0.15) is 0 Å². The Hall–Kier alpha value is -2.07. The molecule has 2 heterocycles. The highest BCUT2D eigenvalue weighted by molar-refractivity contribution is 7.08. The van der Waals surface area contributed by atoms with Crippen molar-refractivity contribution in [2.75, 3.05) is 12.4 Å². The number of nitrogens with zero attached hydrogens (tertiary/aromatic N) is 1. The minimum atomic E-state index is 0.813. The van der Waals surface area contributed by atoms with Crippen LogP contribution in [-0.2, 0) is 6.42 Å². The largest absolute Gasteiger partial charge is 0.494 e. The Kier molecular flexibility index (Phi) is 3.80. The lowest BCUT2D eigenvalue weighted by Crippen LogP contribution is -1.98. The van der Waals surface area contributed by atoms with Crippen LogP contribution in [-0.4, -0.2) is 12.1 Å². The maximum absolute atomic E-state index is 5.45. The molecule has 1 N–H and O–H groups in total. The summed E-state index contributed by atoms with van der Waals surface area (Å²) in [5.41, 5.74) is 5.46. The molecular weight excluding hydrogens is 280 g/mol. The average Bonchev–Trinajstić information content (AvgIpc) is 2.91. The highest BCUT2D eigenvalue weighted by atomic mass is 32.1. The van der Waals surface area contributed by atoms with Crippen LogP contribution in [0, 0.1) is 6.92 Å². The fraction of sp³-hybridized carbons (Fsp3) is 0.235. The lowest BCUT2D eigenvalue weighted by molar-refractivity contribution is 0.419. The summed E-state index contributed by atoms with van der Waals surface area (Å²) in [6, 6.07) is 8.15. The molecule has 0 aliphatic rings. The standard InChI is InChI=1S/C17H18N2OS/c1-4-12-8-14(19-15-10-21-9-11(15)2)13-6-5-7-16(20-3)17(13)18-12/h5-10H,4H2,1-3H3,(H,18,19). The summed E-state index contributed by atoms with van der Waals surface area (Å²) in [6.45, 7) is 4.23. The van der Waals surface area contributed by atoms with Crippen molar-refractivity contribution >= 4 is 33.6 Å². The Morgan fingerprint density at radius 1 is 1.24 bits per heavy atom. The van der Waals surface area contributed by atoms with Crippen molar-refractivity contribution in [3.63, 3.8) is 0 Å². The number of rotatable bonds is 4. The summed E-state index contributed by atoms with van der Waals surface area (Å²) in [5.74, 6) is 0.813. The van der Waals surface area contributed by atoms with E-state index in [2.05, 4.69) is 42.1 Å². The molecule has 0 bridgehead atoms. The highest BCUT2D eigenvalue weighted by Crippen LogP contribution is 2.33. The van der Waals surface area contributed by atoms with Gasteiger partial charge in [0.05, 0.1) is 12.8 Å². The van der Waals surface area contributed by atoms with Crippen LogP contribution in [0.25, 0.3) is 10.9 Å². The van der Waals surface area contributed by atoms with E-state index >= 15 is 0 Å². The van der Waals surface area contributed by atoms with E-state index in [4.69, 9.17) is 9.72 Å². The van der Waals surface area contributed by atoms with E-state index in [-0.39, 0.29) is 0 Å². The number of fused-ring (bicyclic) bond motifs is 1. The van der Waals surface area contributed by atoms with Crippen LogP contribution >= 0.6 is 11.3 Å². The molecule has 21 heavy (non-hydrogen) atoms. The summed E-state index contributed by atoms with van der Waals surface area (Å²) >= 11 is 1.71. The van der Waals surface area contributed by atoms with E-state index in [1.54, 1.807) is 18.4 Å². The number of nitrogens with one attached hydrogen (secondary N) is 1. The molecule has 2 aromatic heterocycles. The van der Waals surface area contributed by atoms with Crippen LogP contribution in [0.15, 0.2) is 35.0 Å². The molecular formula is C17H18N2OS. The van der Waals surface area contributed by atoms with E-state index in [9.17, 15) is 0 Å². The molecule has 0 aliphatic carbocycles. The molecule has 1 aromatic carbocycles. The van der Waals surface area contributed by atoms with E-state index in [0.29, 0.717) is 0 Å². The van der Waals surface area contributed by atoms with Gasteiger partial charge in [-0.15, -0.1) is 11.3 Å². The lowest BCUT2D eigenvalue weighted by atomic mass is 10.1. The van der Waals surface area contributed by atoms with Crippen molar-refractivity contribution in [2.24, 2.45) is 0 Å².